The van der Waals surface area contributed by atoms with Gasteiger partial charge in [0, 0.05) is 4.48 Å². The fourth-order valence-corrected chi connectivity index (χ4v) is 2.50. The number of methoxy groups -OCH3 is 1. The Morgan fingerprint density at radius 3 is 2.10 bits per heavy atom. The summed E-state index contributed by atoms with van der Waals surface area (Å²) in [5, 5.41) is 0. The molecule has 0 heterocycles. The molecule has 0 aliphatic rings. The standard InChI is InChI=1S/C17H25BrO3/c1-9-10-14(12(2)18)17(7,13(3)20-8)11-15(19)21-16(4,5)6/h9-10H,1-3,11H2,4-8H3/b14-10+. The molecule has 0 aromatic carbocycles. The van der Waals surface area contributed by atoms with Gasteiger partial charge in [-0.15, -0.1) is 0 Å². The van der Waals surface area contributed by atoms with Crippen LogP contribution in [0.25, 0.3) is 0 Å². The monoisotopic (exact) mass is 356 g/mol. The van der Waals surface area contributed by atoms with Crippen LogP contribution in [0.1, 0.15) is 34.1 Å². The van der Waals surface area contributed by atoms with Crippen molar-refractivity contribution in [3.8, 4) is 0 Å². The van der Waals surface area contributed by atoms with Crippen molar-refractivity contribution in [2.45, 2.75) is 39.7 Å². The van der Waals surface area contributed by atoms with Crippen LogP contribution >= 0.6 is 15.9 Å². The van der Waals surface area contributed by atoms with Gasteiger partial charge in [0.25, 0.3) is 0 Å². The summed E-state index contributed by atoms with van der Waals surface area (Å²) in [5.74, 6) is 0.133. The average molecular weight is 357 g/mol. The molecule has 0 bridgehead atoms. The van der Waals surface area contributed by atoms with Crippen LogP contribution in [0.5, 0.6) is 0 Å². The molecule has 0 saturated carbocycles. The van der Waals surface area contributed by atoms with E-state index >= 15 is 0 Å². The number of halogens is 1. The Hall–Kier alpha value is -1.29. The lowest BCUT2D eigenvalue weighted by Gasteiger charge is -2.33. The first-order valence-corrected chi connectivity index (χ1v) is 7.40. The molecule has 0 aromatic rings. The number of carbonyl (C=O) groups excluding carboxylic acids is 1. The Labute approximate surface area is 136 Å². The summed E-state index contributed by atoms with van der Waals surface area (Å²) in [4.78, 5) is 12.2. The predicted octanol–water partition coefficient (Wildman–Crippen LogP) is 4.91. The maximum atomic E-state index is 12.2. The van der Waals surface area contributed by atoms with Gasteiger partial charge in [0.15, 0.2) is 0 Å². The molecule has 0 rings (SSSR count). The van der Waals surface area contributed by atoms with E-state index in [4.69, 9.17) is 9.47 Å². The van der Waals surface area contributed by atoms with Crippen LogP contribution in [0.15, 0.2) is 47.7 Å². The molecule has 118 valence electrons. The van der Waals surface area contributed by atoms with Crippen molar-refractivity contribution in [1.82, 2.24) is 0 Å². The first-order valence-electron chi connectivity index (χ1n) is 6.61. The summed E-state index contributed by atoms with van der Waals surface area (Å²) >= 11 is 3.37. The second kappa shape index (κ2) is 7.64. The van der Waals surface area contributed by atoms with Gasteiger partial charge in [-0.1, -0.05) is 47.8 Å². The van der Waals surface area contributed by atoms with Crippen molar-refractivity contribution in [3.05, 3.63) is 47.7 Å². The highest BCUT2D eigenvalue weighted by molar-refractivity contribution is 9.11. The summed E-state index contributed by atoms with van der Waals surface area (Å²) in [6.45, 7) is 18.9. The van der Waals surface area contributed by atoms with E-state index in [1.165, 1.54) is 7.11 Å². The van der Waals surface area contributed by atoms with Gasteiger partial charge in [0.1, 0.15) is 5.60 Å². The van der Waals surface area contributed by atoms with Crippen LogP contribution in [0, 0.1) is 5.41 Å². The highest BCUT2D eigenvalue weighted by atomic mass is 79.9. The highest BCUT2D eigenvalue weighted by Crippen LogP contribution is 2.43. The molecular formula is C17H25BrO3. The zero-order valence-electron chi connectivity index (χ0n) is 13.6. The smallest absolute Gasteiger partial charge is 0.307 e. The number of esters is 1. The summed E-state index contributed by atoms with van der Waals surface area (Å²) in [5.41, 5.74) is -0.526. The minimum Gasteiger partial charge on any atom is -0.501 e. The second-order valence-corrected chi connectivity index (χ2v) is 6.90. The third-order valence-electron chi connectivity index (χ3n) is 2.95. The lowest BCUT2D eigenvalue weighted by Crippen LogP contribution is -2.31. The van der Waals surface area contributed by atoms with Gasteiger partial charge < -0.3 is 9.47 Å². The van der Waals surface area contributed by atoms with Crippen LogP contribution in [0.2, 0.25) is 0 Å². The third-order valence-corrected chi connectivity index (χ3v) is 3.38. The number of hydrogen-bond donors (Lipinski definition) is 0. The van der Waals surface area contributed by atoms with E-state index in [1.54, 1.807) is 12.2 Å². The lowest BCUT2D eigenvalue weighted by atomic mass is 9.77. The van der Waals surface area contributed by atoms with Gasteiger partial charge in [-0.05, 0) is 33.3 Å². The van der Waals surface area contributed by atoms with Crippen LogP contribution < -0.4 is 0 Å². The Morgan fingerprint density at radius 1 is 1.24 bits per heavy atom. The van der Waals surface area contributed by atoms with Crippen LogP contribution in [-0.4, -0.2) is 18.7 Å². The Kier molecular flexibility index (Phi) is 7.17. The summed E-state index contributed by atoms with van der Waals surface area (Å²) in [6.07, 6.45) is 3.52. The zero-order chi connectivity index (χ0) is 16.8. The van der Waals surface area contributed by atoms with Crippen molar-refractivity contribution in [1.29, 1.82) is 0 Å². The molecule has 0 aromatic heterocycles. The molecule has 0 fully saturated rings. The Bertz CT molecular complexity index is 469. The van der Waals surface area contributed by atoms with E-state index in [-0.39, 0.29) is 12.4 Å². The number of allylic oxidation sites excluding steroid dienone is 4. The Balaban J connectivity index is 5.61. The second-order valence-electron chi connectivity index (χ2n) is 5.94. The molecule has 21 heavy (non-hydrogen) atoms. The van der Waals surface area contributed by atoms with Gasteiger partial charge in [-0.2, -0.15) is 0 Å². The zero-order valence-corrected chi connectivity index (χ0v) is 15.2. The largest absolute Gasteiger partial charge is 0.501 e. The summed E-state index contributed by atoms with van der Waals surface area (Å²) < 4.78 is 11.3. The molecule has 0 radical (unpaired) electrons. The Morgan fingerprint density at radius 2 is 1.76 bits per heavy atom. The van der Waals surface area contributed by atoms with Crippen LogP contribution in [-0.2, 0) is 14.3 Å². The first kappa shape index (κ1) is 19.7. The van der Waals surface area contributed by atoms with E-state index in [9.17, 15) is 4.79 Å². The van der Waals surface area contributed by atoms with Gasteiger partial charge in [-0.25, -0.2) is 0 Å². The number of ether oxygens (including phenoxy) is 2. The predicted molar refractivity (Wildman–Crippen MR) is 91.1 cm³/mol. The van der Waals surface area contributed by atoms with E-state index in [0.717, 1.165) is 5.57 Å². The average Bonchev–Trinajstić information content (AvgIpc) is 2.31. The highest BCUT2D eigenvalue weighted by Gasteiger charge is 2.38. The molecule has 1 unspecified atom stereocenters. The quantitative estimate of drug-likeness (QED) is 0.369. The first-order chi connectivity index (χ1) is 9.47. The maximum absolute atomic E-state index is 12.2. The molecule has 0 aliphatic carbocycles. The van der Waals surface area contributed by atoms with Gasteiger partial charge >= 0.3 is 5.97 Å². The fraction of sp³-hybridized carbons (Fsp3) is 0.471. The number of carbonyl (C=O) groups is 1. The SMILES string of the molecule is C=C/C=C(\C(=C)Br)C(C)(CC(=O)OC(C)(C)C)C(=C)OC. The maximum Gasteiger partial charge on any atom is 0.307 e. The molecule has 4 heteroatoms. The summed E-state index contributed by atoms with van der Waals surface area (Å²) in [6, 6.07) is 0. The van der Waals surface area contributed by atoms with E-state index < -0.39 is 11.0 Å². The minimum absolute atomic E-state index is 0.0984. The summed E-state index contributed by atoms with van der Waals surface area (Å²) in [7, 11) is 1.53. The van der Waals surface area contributed by atoms with Crippen molar-refractivity contribution >= 4 is 21.9 Å². The molecule has 0 saturated heterocycles. The van der Waals surface area contributed by atoms with Crippen molar-refractivity contribution in [2.75, 3.05) is 7.11 Å². The van der Waals surface area contributed by atoms with Crippen molar-refractivity contribution in [3.63, 3.8) is 0 Å². The molecule has 1 atom stereocenters. The molecular weight excluding hydrogens is 332 g/mol. The third kappa shape index (κ3) is 5.92. The van der Waals surface area contributed by atoms with Crippen molar-refractivity contribution in [2.24, 2.45) is 5.41 Å². The van der Waals surface area contributed by atoms with Crippen LogP contribution in [0.3, 0.4) is 0 Å². The minimum atomic E-state index is -0.758. The van der Waals surface area contributed by atoms with Gasteiger partial charge in [0.2, 0.25) is 0 Å². The number of rotatable bonds is 7. The molecule has 0 aliphatic heterocycles. The van der Waals surface area contributed by atoms with Crippen LogP contribution in [0.4, 0.5) is 0 Å². The molecule has 0 spiro atoms. The molecule has 3 nitrogen and oxygen atoms in total. The van der Waals surface area contributed by atoms with Gasteiger partial charge in [0.05, 0.1) is 24.7 Å². The molecule has 0 N–H and O–H groups in total. The van der Waals surface area contributed by atoms with E-state index in [0.29, 0.717) is 10.2 Å². The lowest BCUT2D eigenvalue weighted by molar-refractivity contribution is -0.156. The van der Waals surface area contributed by atoms with Crippen molar-refractivity contribution < 1.29 is 14.3 Å². The normalized spacial score (nSPS) is 14.9. The number of hydrogen-bond acceptors (Lipinski definition) is 3. The topological polar surface area (TPSA) is 35.5 Å². The van der Waals surface area contributed by atoms with E-state index in [1.807, 2.05) is 27.7 Å². The molecule has 0 amide bonds. The fourth-order valence-electron chi connectivity index (χ4n) is 1.93. The van der Waals surface area contributed by atoms with Gasteiger partial charge in [-0.3, -0.25) is 4.79 Å². The van der Waals surface area contributed by atoms with E-state index in [2.05, 4.69) is 35.7 Å².